The largest absolute Gasteiger partial charge is 0.350 e. The summed E-state index contributed by atoms with van der Waals surface area (Å²) in [6.45, 7) is 4.31. The molecule has 2 saturated heterocycles. The third-order valence-electron chi connectivity index (χ3n) is 6.57. The Balaban J connectivity index is 1.46. The number of likely N-dealkylation sites (tertiary alicyclic amines) is 1. The lowest BCUT2D eigenvalue weighted by Gasteiger charge is -2.38. The molecular weight excluding hydrogens is 322 g/mol. The predicted octanol–water partition coefficient (Wildman–Crippen LogP) is 3.63. The Morgan fingerprint density at radius 2 is 2.12 bits per heavy atom. The number of para-hydroxylation sites is 1. The van der Waals surface area contributed by atoms with E-state index >= 15 is 0 Å². The Labute approximate surface area is 156 Å². The SMILES string of the molecule is Cn1cc(CCC(=O)N2CC[C@]3(C)NCCCCC[C@H]23)c2ccccc21. The number of amides is 1. The molecule has 140 valence electrons. The van der Waals surface area contributed by atoms with Crippen molar-refractivity contribution in [2.75, 3.05) is 13.1 Å². The lowest BCUT2D eigenvalue weighted by molar-refractivity contribution is -0.132. The number of hydrogen-bond acceptors (Lipinski definition) is 2. The first-order valence-electron chi connectivity index (χ1n) is 10.2. The summed E-state index contributed by atoms with van der Waals surface area (Å²) in [5.41, 5.74) is 2.64. The van der Waals surface area contributed by atoms with Crippen LogP contribution in [-0.4, -0.2) is 40.0 Å². The highest BCUT2D eigenvalue weighted by molar-refractivity contribution is 5.85. The molecule has 2 fully saturated rings. The van der Waals surface area contributed by atoms with Crippen molar-refractivity contribution in [3.8, 4) is 0 Å². The number of carbonyl (C=O) groups is 1. The minimum absolute atomic E-state index is 0.107. The van der Waals surface area contributed by atoms with Gasteiger partial charge < -0.3 is 14.8 Å². The van der Waals surface area contributed by atoms with E-state index in [0.29, 0.717) is 18.4 Å². The molecule has 0 saturated carbocycles. The van der Waals surface area contributed by atoms with Crippen molar-refractivity contribution in [2.24, 2.45) is 7.05 Å². The van der Waals surface area contributed by atoms with E-state index in [-0.39, 0.29) is 5.54 Å². The molecule has 4 rings (SSSR count). The van der Waals surface area contributed by atoms with E-state index in [9.17, 15) is 4.79 Å². The summed E-state index contributed by atoms with van der Waals surface area (Å²) in [5, 5.41) is 5.03. The van der Waals surface area contributed by atoms with Crippen molar-refractivity contribution in [2.45, 2.75) is 63.5 Å². The molecule has 0 aliphatic carbocycles. The Bertz CT molecular complexity index is 796. The zero-order valence-corrected chi connectivity index (χ0v) is 16.1. The summed E-state index contributed by atoms with van der Waals surface area (Å²) >= 11 is 0. The van der Waals surface area contributed by atoms with Crippen LogP contribution in [0.15, 0.2) is 30.5 Å². The minimum Gasteiger partial charge on any atom is -0.350 e. The molecule has 2 aliphatic heterocycles. The average molecular weight is 354 g/mol. The van der Waals surface area contributed by atoms with Crippen molar-refractivity contribution in [1.82, 2.24) is 14.8 Å². The van der Waals surface area contributed by atoms with Crippen molar-refractivity contribution in [1.29, 1.82) is 0 Å². The molecule has 0 bridgehead atoms. The van der Waals surface area contributed by atoms with E-state index in [1.807, 2.05) is 0 Å². The number of rotatable bonds is 3. The highest BCUT2D eigenvalue weighted by Crippen LogP contribution is 2.34. The fourth-order valence-corrected chi connectivity index (χ4v) is 5.02. The first-order valence-corrected chi connectivity index (χ1v) is 10.2. The van der Waals surface area contributed by atoms with Gasteiger partial charge >= 0.3 is 0 Å². The van der Waals surface area contributed by atoms with Gasteiger partial charge in [0.05, 0.1) is 0 Å². The normalized spacial score (nSPS) is 26.5. The van der Waals surface area contributed by atoms with Crippen LogP contribution >= 0.6 is 0 Å². The number of nitrogens with zero attached hydrogens (tertiary/aromatic N) is 2. The number of fused-ring (bicyclic) bond motifs is 2. The van der Waals surface area contributed by atoms with E-state index in [1.165, 1.54) is 35.7 Å². The lowest BCUT2D eigenvalue weighted by atomic mass is 9.87. The highest BCUT2D eigenvalue weighted by Gasteiger charge is 2.45. The highest BCUT2D eigenvalue weighted by atomic mass is 16.2. The number of hydrogen-bond donors (Lipinski definition) is 1. The van der Waals surface area contributed by atoms with Crippen LogP contribution in [-0.2, 0) is 18.3 Å². The zero-order valence-electron chi connectivity index (χ0n) is 16.1. The molecule has 1 aromatic heterocycles. The molecular formula is C22H31N3O. The molecule has 1 N–H and O–H groups in total. The monoisotopic (exact) mass is 353 g/mol. The molecule has 2 aromatic rings. The van der Waals surface area contributed by atoms with Crippen LogP contribution in [0.4, 0.5) is 0 Å². The van der Waals surface area contributed by atoms with E-state index in [1.54, 1.807) is 0 Å². The second-order valence-corrected chi connectivity index (χ2v) is 8.33. The van der Waals surface area contributed by atoms with Crippen LogP contribution in [0.3, 0.4) is 0 Å². The standard InChI is InChI=1S/C22H31N3O/c1-22-13-15-25(20(22)10-4-3-7-14-23-22)21(26)12-11-17-16-24(2)19-9-6-5-8-18(17)19/h5-6,8-9,16,20,23H,3-4,7,10-15H2,1-2H3/t20-,22-/m0/s1. The van der Waals surface area contributed by atoms with Crippen LogP contribution in [0.5, 0.6) is 0 Å². The summed E-state index contributed by atoms with van der Waals surface area (Å²) in [4.78, 5) is 15.2. The zero-order chi connectivity index (χ0) is 18.1. The topological polar surface area (TPSA) is 37.3 Å². The van der Waals surface area contributed by atoms with Gasteiger partial charge in [0, 0.05) is 48.7 Å². The van der Waals surface area contributed by atoms with Gasteiger partial charge in [-0.3, -0.25) is 4.79 Å². The molecule has 4 heteroatoms. The average Bonchev–Trinajstić information content (AvgIpc) is 3.12. The van der Waals surface area contributed by atoms with Crippen LogP contribution in [0, 0.1) is 0 Å². The third kappa shape index (κ3) is 3.16. The summed E-state index contributed by atoms with van der Waals surface area (Å²) in [6.07, 6.45) is 9.63. The summed E-state index contributed by atoms with van der Waals surface area (Å²) < 4.78 is 2.17. The molecule has 2 atom stereocenters. The molecule has 26 heavy (non-hydrogen) atoms. The van der Waals surface area contributed by atoms with Crippen molar-refractivity contribution in [3.05, 3.63) is 36.0 Å². The molecule has 1 aromatic carbocycles. The summed E-state index contributed by atoms with van der Waals surface area (Å²) in [5.74, 6) is 0.328. The molecule has 3 heterocycles. The molecule has 2 aliphatic rings. The van der Waals surface area contributed by atoms with Crippen LogP contribution < -0.4 is 5.32 Å². The van der Waals surface area contributed by atoms with Crippen molar-refractivity contribution >= 4 is 16.8 Å². The summed E-state index contributed by atoms with van der Waals surface area (Å²) in [6, 6.07) is 8.83. The number of aryl methyl sites for hydroxylation is 2. The van der Waals surface area contributed by atoms with Gasteiger partial charge in [-0.25, -0.2) is 0 Å². The van der Waals surface area contributed by atoms with Gasteiger partial charge in [-0.05, 0) is 50.8 Å². The predicted molar refractivity (Wildman–Crippen MR) is 106 cm³/mol. The Kier molecular flexibility index (Phi) is 4.78. The van der Waals surface area contributed by atoms with Crippen molar-refractivity contribution < 1.29 is 4.79 Å². The molecule has 0 spiro atoms. The Hall–Kier alpha value is -1.81. The maximum absolute atomic E-state index is 13.0. The lowest BCUT2D eigenvalue weighted by Crippen LogP contribution is -2.54. The Morgan fingerprint density at radius 1 is 1.27 bits per heavy atom. The minimum atomic E-state index is 0.107. The quantitative estimate of drug-likeness (QED) is 0.915. The fraction of sp³-hybridized carbons (Fsp3) is 0.591. The van der Waals surface area contributed by atoms with E-state index in [2.05, 4.69) is 59.2 Å². The molecule has 0 unspecified atom stereocenters. The van der Waals surface area contributed by atoms with Gasteiger partial charge in [-0.15, -0.1) is 0 Å². The Morgan fingerprint density at radius 3 is 3.00 bits per heavy atom. The third-order valence-corrected chi connectivity index (χ3v) is 6.57. The molecule has 0 radical (unpaired) electrons. The van der Waals surface area contributed by atoms with Gasteiger partial charge in [-0.2, -0.15) is 0 Å². The first-order chi connectivity index (χ1) is 12.6. The van der Waals surface area contributed by atoms with E-state index in [0.717, 1.165) is 32.4 Å². The van der Waals surface area contributed by atoms with Gasteiger partial charge in [0.1, 0.15) is 0 Å². The molecule has 1 amide bonds. The van der Waals surface area contributed by atoms with Crippen LogP contribution in [0.25, 0.3) is 10.9 Å². The smallest absolute Gasteiger partial charge is 0.223 e. The van der Waals surface area contributed by atoms with Gasteiger partial charge in [0.15, 0.2) is 0 Å². The number of nitrogens with one attached hydrogen (secondary N) is 1. The fourth-order valence-electron chi connectivity index (χ4n) is 5.02. The van der Waals surface area contributed by atoms with Crippen LogP contribution in [0.2, 0.25) is 0 Å². The molecule has 4 nitrogen and oxygen atoms in total. The second kappa shape index (κ2) is 7.07. The maximum atomic E-state index is 13.0. The van der Waals surface area contributed by atoms with Crippen molar-refractivity contribution in [3.63, 3.8) is 0 Å². The number of carbonyl (C=O) groups excluding carboxylic acids is 1. The van der Waals surface area contributed by atoms with Crippen LogP contribution in [0.1, 0.15) is 51.0 Å². The van der Waals surface area contributed by atoms with Gasteiger partial charge in [-0.1, -0.05) is 31.0 Å². The van der Waals surface area contributed by atoms with Gasteiger partial charge in [0.25, 0.3) is 0 Å². The summed E-state index contributed by atoms with van der Waals surface area (Å²) in [7, 11) is 2.08. The maximum Gasteiger partial charge on any atom is 0.223 e. The number of aromatic nitrogens is 1. The number of benzene rings is 1. The van der Waals surface area contributed by atoms with E-state index in [4.69, 9.17) is 0 Å². The van der Waals surface area contributed by atoms with Gasteiger partial charge in [0.2, 0.25) is 5.91 Å². The first kappa shape index (κ1) is 17.6. The second-order valence-electron chi connectivity index (χ2n) is 8.33. The van der Waals surface area contributed by atoms with E-state index < -0.39 is 0 Å².